The van der Waals surface area contributed by atoms with E-state index in [-0.39, 0.29) is 5.78 Å². The van der Waals surface area contributed by atoms with Crippen molar-refractivity contribution < 1.29 is 4.79 Å². The summed E-state index contributed by atoms with van der Waals surface area (Å²) in [6.45, 7) is 5.90. The molecule has 0 spiro atoms. The van der Waals surface area contributed by atoms with Gasteiger partial charge in [0.2, 0.25) is 0 Å². The van der Waals surface area contributed by atoms with Crippen LogP contribution in [-0.4, -0.2) is 57.0 Å². The molecule has 2 heterocycles. The van der Waals surface area contributed by atoms with Crippen LogP contribution in [0.3, 0.4) is 0 Å². The van der Waals surface area contributed by atoms with Crippen molar-refractivity contribution in [1.82, 2.24) is 10.2 Å². The summed E-state index contributed by atoms with van der Waals surface area (Å²) in [4.78, 5) is 16.6. The third-order valence-corrected chi connectivity index (χ3v) is 4.30. The van der Waals surface area contributed by atoms with Gasteiger partial charge in [-0.05, 0) is 30.8 Å². The molecule has 4 heteroatoms. The van der Waals surface area contributed by atoms with Crippen LogP contribution in [0, 0.1) is 0 Å². The normalized spacial score (nSPS) is 22.8. The Hall–Kier alpha value is -1.65. The Morgan fingerprint density at radius 3 is 2.48 bits per heavy atom. The molecule has 0 aliphatic carbocycles. The molecule has 0 bridgehead atoms. The standard InChI is InChI=1S/C17H23N3O/c1-19-8-10-20(11-9-19)16-4-2-14(3-5-16)12-15-13-18-7-6-17(15)21/h2-5,12,18H,6-11,13H2,1H3. The Kier molecular flexibility index (Phi) is 4.36. The van der Waals surface area contributed by atoms with Crippen LogP contribution in [0.2, 0.25) is 0 Å². The van der Waals surface area contributed by atoms with Crippen LogP contribution >= 0.6 is 0 Å². The zero-order valence-corrected chi connectivity index (χ0v) is 12.6. The highest BCUT2D eigenvalue weighted by Gasteiger charge is 2.15. The number of benzene rings is 1. The van der Waals surface area contributed by atoms with Gasteiger partial charge in [-0.25, -0.2) is 0 Å². The lowest BCUT2D eigenvalue weighted by Crippen LogP contribution is -2.44. The molecule has 2 aliphatic rings. The molecule has 4 nitrogen and oxygen atoms in total. The maximum Gasteiger partial charge on any atom is 0.161 e. The van der Waals surface area contributed by atoms with Crippen molar-refractivity contribution in [2.24, 2.45) is 0 Å². The van der Waals surface area contributed by atoms with Crippen molar-refractivity contribution >= 4 is 17.5 Å². The zero-order valence-electron chi connectivity index (χ0n) is 12.6. The number of piperidine rings is 1. The first kappa shape index (κ1) is 14.3. The minimum atomic E-state index is 0.275. The molecule has 2 aliphatic heterocycles. The van der Waals surface area contributed by atoms with Gasteiger partial charge in [0.15, 0.2) is 5.78 Å². The van der Waals surface area contributed by atoms with Gasteiger partial charge in [-0.15, -0.1) is 0 Å². The molecule has 0 atom stereocenters. The lowest BCUT2D eigenvalue weighted by Gasteiger charge is -2.34. The van der Waals surface area contributed by atoms with E-state index in [0.717, 1.165) is 43.9 Å². The molecule has 1 N–H and O–H groups in total. The Balaban J connectivity index is 1.69. The number of Topliss-reactive ketones (excluding diaryl/α,β-unsaturated/α-hetero) is 1. The predicted molar refractivity (Wildman–Crippen MR) is 86.6 cm³/mol. The fourth-order valence-electron chi connectivity index (χ4n) is 2.86. The van der Waals surface area contributed by atoms with E-state index >= 15 is 0 Å². The molecule has 0 amide bonds. The molecule has 0 saturated carbocycles. The maximum absolute atomic E-state index is 11.8. The number of carbonyl (C=O) groups is 1. The van der Waals surface area contributed by atoms with E-state index in [9.17, 15) is 4.79 Å². The van der Waals surface area contributed by atoms with E-state index in [1.807, 2.05) is 6.08 Å². The van der Waals surface area contributed by atoms with E-state index in [0.29, 0.717) is 13.0 Å². The molecule has 0 radical (unpaired) electrons. The second-order valence-electron chi connectivity index (χ2n) is 5.90. The molecule has 0 aromatic heterocycles. The van der Waals surface area contributed by atoms with Gasteiger partial charge in [0.05, 0.1) is 0 Å². The van der Waals surface area contributed by atoms with Crippen molar-refractivity contribution in [2.45, 2.75) is 6.42 Å². The first-order valence-electron chi connectivity index (χ1n) is 7.70. The molecule has 112 valence electrons. The number of ketones is 1. The number of piperazine rings is 1. The Morgan fingerprint density at radius 2 is 1.81 bits per heavy atom. The molecule has 1 aromatic carbocycles. The summed E-state index contributed by atoms with van der Waals surface area (Å²) in [5.74, 6) is 0.275. The van der Waals surface area contributed by atoms with Crippen LogP contribution in [0.25, 0.3) is 6.08 Å². The van der Waals surface area contributed by atoms with Gasteiger partial charge in [-0.1, -0.05) is 12.1 Å². The van der Waals surface area contributed by atoms with Crippen molar-refractivity contribution in [1.29, 1.82) is 0 Å². The Morgan fingerprint density at radius 1 is 1.10 bits per heavy atom. The fraction of sp³-hybridized carbons (Fsp3) is 0.471. The third-order valence-electron chi connectivity index (χ3n) is 4.30. The molecule has 2 fully saturated rings. The van der Waals surface area contributed by atoms with E-state index in [1.54, 1.807) is 0 Å². The largest absolute Gasteiger partial charge is 0.369 e. The molecule has 21 heavy (non-hydrogen) atoms. The second kappa shape index (κ2) is 6.41. The molecule has 0 unspecified atom stereocenters. The number of rotatable bonds is 2. The van der Waals surface area contributed by atoms with Crippen LogP contribution in [-0.2, 0) is 4.79 Å². The average Bonchev–Trinajstić information content (AvgIpc) is 2.51. The molecular weight excluding hydrogens is 262 g/mol. The SMILES string of the molecule is CN1CCN(c2ccc(C=C3CNCCC3=O)cc2)CC1. The van der Waals surface area contributed by atoms with Gasteiger partial charge >= 0.3 is 0 Å². The lowest BCUT2D eigenvalue weighted by atomic mass is 10.0. The Labute approximate surface area is 126 Å². The number of nitrogens with one attached hydrogen (secondary N) is 1. The number of hydrogen-bond acceptors (Lipinski definition) is 4. The summed E-state index contributed by atoms with van der Waals surface area (Å²) in [6.07, 6.45) is 2.63. The summed E-state index contributed by atoms with van der Waals surface area (Å²) in [5.41, 5.74) is 3.28. The minimum Gasteiger partial charge on any atom is -0.369 e. The predicted octanol–water partition coefficient (Wildman–Crippen LogP) is 1.38. The van der Waals surface area contributed by atoms with E-state index in [4.69, 9.17) is 0 Å². The van der Waals surface area contributed by atoms with Crippen molar-refractivity contribution in [3.63, 3.8) is 0 Å². The molecular formula is C17H23N3O. The zero-order chi connectivity index (χ0) is 14.7. The number of carbonyl (C=O) groups excluding carboxylic acids is 1. The summed E-state index contributed by atoms with van der Waals surface area (Å²) in [6, 6.07) is 8.56. The van der Waals surface area contributed by atoms with Gasteiger partial charge < -0.3 is 15.1 Å². The quantitative estimate of drug-likeness (QED) is 0.833. The van der Waals surface area contributed by atoms with Crippen molar-refractivity contribution in [3.8, 4) is 0 Å². The van der Waals surface area contributed by atoms with Gasteiger partial charge in [0, 0.05) is 56.9 Å². The van der Waals surface area contributed by atoms with Gasteiger partial charge in [-0.3, -0.25) is 4.79 Å². The van der Waals surface area contributed by atoms with Crippen LogP contribution in [0.1, 0.15) is 12.0 Å². The fourth-order valence-corrected chi connectivity index (χ4v) is 2.86. The number of nitrogens with zero attached hydrogens (tertiary/aromatic N) is 2. The molecule has 2 saturated heterocycles. The summed E-state index contributed by atoms with van der Waals surface area (Å²) < 4.78 is 0. The highest BCUT2D eigenvalue weighted by Crippen LogP contribution is 2.19. The molecule has 3 rings (SSSR count). The van der Waals surface area contributed by atoms with Gasteiger partial charge in [0.1, 0.15) is 0 Å². The van der Waals surface area contributed by atoms with Crippen LogP contribution in [0.4, 0.5) is 5.69 Å². The highest BCUT2D eigenvalue weighted by atomic mass is 16.1. The summed E-state index contributed by atoms with van der Waals surface area (Å²) in [5, 5.41) is 3.25. The number of likely N-dealkylation sites (N-methyl/N-ethyl adjacent to an activating group) is 1. The monoisotopic (exact) mass is 285 g/mol. The van der Waals surface area contributed by atoms with Crippen LogP contribution < -0.4 is 10.2 Å². The highest BCUT2D eigenvalue weighted by molar-refractivity contribution is 6.00. The average molecular weight is 285 g/mol. The minimum absolute atomic E-state index is 0.275. The third kappa shape index (κ3) is 3.52. The molecule has 1 aromatic rings. The number of anilines is 1. The van der Waals surface area contributed by atoms with E-state index in [1.165, 1.54) is 5.69 Å². The van der Waals surface area contributed by atoms with Crippen LogP contribution in [0.15, 0.2) is 29.8 Å². The van der Waals surface area contributed by atoms with Crippen molar-refractivity contribution in [2.75, 3.05) is 51.2 Å². The first-order valence-corrected chi connectivity index (χ1v) is 7.70. The smallest absolute Gasteiger partial charge is 0.161 e. The topological polar surface area (TPSA) is 35.6 Å². The summed E-state index contributed by atoms with van der Waals surface area (Å²) in [7, 11) is 2.17. The van der Waals surface area contributed by atoms with Crippen LogP contribution in [0.5, 0.6) is 0 Å². The van der Waals surface area contributed by atoms with E-state index < -0.39 is 0 Å². The Bertz CT molecular complexity index is 527. The van der Waals surface area contributed by atoms with Gasteiger partial charge in [0.25, 0.3) is 0 Å². The lowest BCUT2D eigenvalue weighted by molar-refractivity contribution is -0.116. The van der Waals surface area contributed by atoms with Gasteiger partial charge in [-0.2, -0.15) is 0 Å². The van der Waals surface area contributed by atoms with E-state index in [2.05, 4.69) is 46.4 Å². The summed E-state index contributed by atoms with van der Waals surface area (Å²) >= 11 is 0. The second-order valence-corrected chi connectivity index (χ2v) is 5.90. The maximum atomic E-state index is 11.8. The number of hydrogen-bond donors (Lipinski definition) is 1. The van der Waals surface area contributed by atoms with Crippen molar-refractivity contribution in [3.05, 3.63) is 35.4 Å². The first-order chi connectivity index (χ1) is 10.2.